The van der Waals surface area contributed by atoms with E-state index in [-0.39, 0.29) is 17.3 Å². The number of rotatable bonds is 5. The van der Waals surface area contributed by atoms with E-state index < -0.39 is 5.82 Å². The summed E-state index contributed by atoms with van der Waals surface area (Å²) in [5.74, 6) is 0.757. The van der Waals surface area contributed by atoms with Crippen molar-refractivity contribution in [2.45, 2.75) is 37.8 Å². The predicted octanol–water partition coefficient (Wildman–Crippen LogP) is 5.04. The number of aromatic hydroxyl groups is 1. The Hall–Kier alpha value is -3.49. The molecule has 8 heteroatoms. The van der Waals surface area contributed by atoms with Gasteiger partial charge in [-0.3, -0.25) is 0 Å². The van der Waals surface area contributed by atoms with Gasteiger partial charge in [-0.15, -0.1) is 0 Å². The highest BCUT2D eigenvalue weighted by molar-refractivity contribution is 6.01. The highest BCUT2D eigenvalue weighted by Crippen LogP contribution is 2.39. The molecular formula is C30H31FN4O3. The lowest BCUT2D eigenvalue weighted by Gasteiger charge is -2.34. The van der Waals surface area contributed by atoms with E-state index in [0.29, 0.717) is 41.1 Å². The number of phenolic OH excluding ortho intramolecular Hbond substituents is 1. The van der Waals surface area contributed by atoms with Crippen molar-refractivity contribution in [3.63, 3.8) is 0 Å². The topological polar surface area (TPSA) is 79.7 Å². The number of halogens is 1. The highest BCUT2D eigenvalue weighted by Gasteiger charge is 2.34. The molecule has 3 fully saturated rings. The van der Waals surface area contributed by atoms with Gasteiger partial charge in [-0.05, 0) is 66.1 Å². The molecule has 2 bridgehead atoms. The number of nitrogens with zero attached hydrogens (tertiary/aromatic N) is 3. The number of phenols is 1. The van der Waals surface area contributed by atoms with Crippen LogP contribution in [0.1, 0.15) is 25.7 Å². The second kappa shape index (κ2) is 9.67. The number of piperazine rings is 1. The zero-order chi connectivity index (χ0) is 25.6. The van der Waals surface area contributed by atoms with Gasteiger partial charge >= 0.3 is 6.01 Å². The number of anilines is 1. The monoisotopic (exact) mass is 514 g/mol. The van der Waals surface area contributed by atoms with Gasteiger partial charge < -0.3 is 24.8 Å². The van der Waals surface area contributed by atoms with Crippen molar-refractivity contribution in [2.75, 3.05) is 37.8 Å². The van der Waals surface area contributed by atoms with Crippen LogP contribution >= 0.6 is 0 Å². The second-order valence-electron chi connectivity index (χ2n) is 10.8. The summed E-state index contributed by atoms with van der Waals surface area (Å²) >= 11 is 0. The van der Waals surface area contributed by atoms with Crippen LogP contribution in [0, 0.1) is 11.7 Å². The Morgan fingerprint density at radius 2 is 1.74 bits per heavy atom. The Balaban J connectivity index is 1.34. The van der Waals surface area contributed by atoms with Gasteiger partial charge in [0.2, 0.25) is 0 Å². The molecule has 0 saturated carbocycles. The average Bonchev–Trinajstić information content (AvgIpc) is 3.29. The van der Waals surface area contributed by atoms with E-state index in [2.05, 4.69) is 15.2 Å². The molecule has 2 atom stereocenters. The van der Waals surface area contributed by atoms with Crippen molar-refractivity contribution in [1.82, 2.24) is 15.3 Å². The SMILES string of the molecule is Oc1cc(-c2ccc3c(N4CC5CCC(C4)N5)nc(OCC4CCOCC4)nc3c2F)c2ccccc2c1. The molecule has 7 rings (SSSR count). The Morgan fingerprint density at radius 1 is 0.947 bits per heavy atom. The van der Waals surface area contributed by atoms with Crippen LogP contribution in [-0.2, 0) is 4.74 Å². The summed E-state index contributed by atoms with van der Waals surface area (Å²) in [6, 6.07) is 15.7. The standard InChI is InChI=1S/C30H31FN4O3/c31-27-24(26-14-22(36)13-19-3-1-2-4-23(19)26)7-8-25-28(27)33-30(38-17-18-9-11-37-12-10-18)34-29(25)35-15-20-5-6-21(16-35)32-20/h1-4,7-8,13-14,18,20-21,32,36H,5-6,9-12,15-17H2. The fourth-order valence-electron chi connectivity index (χ4n) is 6.23. The van der Waals surface area contributed by atoms with Gasteiger partial charge in [-0.25, -0.2) is 4.39 Å². The molecule has 4 heterocycles. The first-order chi connectivity index (χ1) is 18.6. The molecule has 38 heavy (non-hydrogen) atoms. The molecule has 0 radical (unpaired) electrons. The third-order valence-electron chi connectivity index (χ3n) is 8.21. The molecule has 3 aliphatic rings. The summed E-state index contributed by atoms with van der Waals surface area (Å²) < 4.78 is 28.0. The van der Waals surface area contributed by atoms with Crippen molar-refractivity contribution >= 4 is 27.5 Å². The van der Waals surface area contributed by atoms with E-state index in [0.717, 1.165) is 68.6 Å². The quantitative estimate of drug-likeness (QED) is 0.386. The van der Waals surface area contributed by atoms with E-state index in [1.54, 1.807) is 18.2 Å². The Labute approximate surface area is 220 Å². The number of hydrogen-bond donors (Lipinski definition) is 2. The van der Waals surface area contributed by atoms with E-state index in [9.17, 15) is 5.11 Å². The molecule has 0 spiro atoms. The molecule has 3 aliphatic heterocycles. The van der Waals surface area contributed by atoms with Gasteiger partial charge in [0, 0.05) is 49.3 Å². The molecule has 0 aliphatic carbocycles. The molecule has 1 aromatic heterocycles. The zero-order valence-electron chi connectivity index (χ0n) is 21.2. The largest absolute Gasteiger partial charge is 0.508 e. The number of hydrogen-bond acceptors (Lipinski definition) is 7. The average molecular weight is 515 g/mol. The minimum Gasteiger partial charge on any atom is -0.508 e. The normalized spacial score (nSPS) is 21.9. The smallest absolute Gasteiger partial charge is 0.319 e. The summed E-state index contributed by atoms with van der Waals surface area (Å²) in [5.41, 5.74) is 1.27. The Bertz CT molecular complexity index is 1490. The fourth-order valence-corrected chi connectivity index (χ4v) is 6.23. The molecular weight excluding hydrogens is 483 g/mol. The summed E-state index contributed by atoms with van der Waals surface area (Å²) in [5, 5.41) is 16.4. The van der Waals surface area contributed by atoms with E-state index in [1.165, 1.54) is 0 Å². The number of aromatic nitrogens is 2. The first-order valence-corrected chi connectivity index (χ1v) is 13.6. The van der Waals surface area contributed by atoms with Crippen LogP contribution in [0.2, 0.25) is 0 Å². The predicted molar refractivity (Wildman–Crippen MR) is 145 cm³/mol. The molecule has 0 amide bonds. The summed E-state index contributed by atoms with van der Waals surface area (Å²) in [6.07, 6.45) is 4.15. The summed E-state index contributed by atoms with van der Waals surface area (Å²) in [7, 11) is 0. The highest BCUT2D eigenvalue weighted by atomic mass is 19.1. The van der Waals surface area contributed by atoms with Gasteiger partial charge in [-0.2, -0.15) is 9.97 Å². The summed E-state index contributed by atoms with van der Waals surface area (Å²) in [6.45, 7) is 3.60. The molecule has 3 saturated heterocycles. The lowest BCUT2D eigenvalue weighted by atomic mass is 9.96. The van der Waals surface area contributed by atoms with Crippen LogP contribution in [-0.4, -0.2) is 60.1 Å². The lowest BCUT2D eigenvalue weighted by molar-refractivity contribution is 0.0483. The number of fused-ring (bicyclic) bond motifs is 4. The van der Waals surface area contributed by atoms with Gasteiger partial charge in [0.1, 0.15) is 17.1 Å². The van der Waals surface area contributed by atoms with Gasteiger partial charge in [0.05, 0.1) is 6.61 Å². The maximum absolute atomic E-state index is 16.4. The van der Waals surface area contributed by atoms with Gasteiger partial charge in [0.25, 0.3) is 0 Å². The van der Waals surface area contributed by atoms with Gasteiger partial charge in [0.15, 0.2) is 5.82 Å². The first-order valence-electron chi connectivity index (χ1n) is 13.6. The van der Waals surface area contributed by atoms with Crippen molar-refractivity contribution < 1.29 is 19.0 Å². The van der Waals surface area contributed by atoms with Crippen molar-refractivity contribution in [3.05, 3.63) is 54.3 Å². The first kappa shape index (κ1) is 23.6. The van der Waals surface area contributed by atoms with Crippen LogP contribution in [0.15, 0.2) is 48.5 Å². The van der Waals surface area contributed by atoms with E-state index >= 15 is 4.39 Å². The lowest BCUT2D eigenvalue weighted by Crippen LogP contribution is -2.51. The molecule has 3 aromatic carbocycles. The number of benzene rings is 3. The third-order valence-corrected chi connectivity index (χ3v) is 8.21. The third kappa shape index (κ3) is 4.31. The van der Waals surface area contributed by atoms with Crippen LogP contribution in [0.3, 0.4) is 0 Å². The zero-order valence-corrected chi connectivity index (χ0v) is 21.2. The van der Waals surface area contributed by atoms with Crippen molar-refractivity contribution in [2.24, 2.45) is 5.92 Å². The Morgan fingerprint density at radius 3 is 2.55 bits per heavy atom. The number of nitrogens with one attached hydrogen (secondary N) is 1. The molecule has 196 valence electrons. The van der Waals surface area contributed by atoms with Crippen LogP contribution < -0.4 is 15.0 Å². The van der Waals surface area contributed by atoms with E-state index in [4.69, 9.17) is 14.5 Å². The Kier molecular flexibility index (Phi) is 6.01. The number of ether oxygens (including phenoxy) is 2. The molecule has 2 N–H and O–H groups in total. The van der Waals surface area contributed by atoms with Crippen LogP contribution in [0.5, 0.6) is 11.8 Å². The van der Waals surface area contributed by atoms with E-state index in [1.807, 2.05) is 30.3 Å². The molecule has 7 nitrogen and oxygen atoms in total. The van der Waals surface area contributed by atoms with Crippen LogP contribution in [0.25, 0.3) is 32.8 Å². The fraction of sp³-hybridized carbons (Fsp3) is 0.400. The maximum atomic E-state index is 16.4. The van der Waals surface area contributed by atoms with Crippen molar-refractivity contribution in [1.29, 1.82) is 0 Å². The maximum Gasteiger partial charge on any atom is 0.319 e. The minimum absolute atomic E-state index is 0.0957. The summed E-state index contributed by atoms with van der Waals surface area (Å²) in [4.78, 5) is 11.7. The van der Waals surface area contributed by atoms with Crippen LogP contribution in [0.4, 0.5) is 10.2 Å². The van der Waals surface area contributed by atoms with Gasteiger partial charge in [-0.1, -0.05) is 30.3 Å². The molecule has 2 unspecified atom stereocenters. The second-order valence-corrected chi connectivity index (χ2v) is 10.8. The van der Waals surface area contributed by atoms with Crippen molar-refractivity contribution in [3.8, 4) is 22.9 Å². The minimum atomic E-state index is -0.434. The molecule has 4 aromatic rings.